The molecule has 0 aromatic carbocycles. The highest BCUT2D eigenvalue weighted by Gasteiger charge is 2.00. The fourth-order valence-corrected chi connectivity index (χ4v) is 3.08. The predicted octanol–water partition coefficient (Wildman–Crippen LogP) is 8.30. The van der Waals surface area contributed by atoms with Gasteiger partial charge in [0, 0.05) is 12.8 Å². The summed E-state index contributed by atoms with van der Waals surface area (Å²) in [5.74, 6) is 7.64. The maximum Gasteiger partial charge on any atom is 0.00912 e. The lowest BCUT2D eigenvalue weighted by Crippen LogP contribution is -1.94. The highest BCUT2D eigenvalue weighted by molar-refractivity contribution is 4.98. The monoisotopic (exact) mass is 320 g/mol. The topological polar surface area (TPSA) is 0 Å². The van der Waals surface area contributed by atoms with Crippen molar-refractivity contribution in [2.75, 3.05) is 0 Å². The van der Waals surface area contributed by atoms with Crippen LogP contribution in [-0.2, 0) is 0 Å². The van der Waals surface area contributed by atoms with Gasteiger partial charge >= 0.3 is 0 Å². The summed E-state index contributed by atoms with van der Waals surface area (Å²) in [4.78, 5) is 0. The molecule has 0 saturated carbocycles. The van der Waals surface area contributed by atoms with Crippen LogP contribution in [0.5, 0.6) is 0 Å². The van der Waals surface area contributed by atoms with Gasteiger partial charge in [0.1, 0.15) is 0 Å². The molecule has 0 aromatic rings. The Hall–Kier alpha value is -0.440. The van der Waals surface area contributed by atoms with Crippen LogP contribution in [0.2, 0.25) is 0 Å². The van der Waals surface area contributed by atoms with Crippen LogP contribution in [0, 0.1) is 17.8 Å². The van der Waals surface area contributed by atoms with Crippen molar-refractivity contribution in [1.82, 2.24) is 0 Å². The second-order valence-corrected chi connectivity index (χ2v) is 7.43. The third-order valence-corrected chi connectivity index (χ3v) is 4.84. The van der Waals surface area contributed by atoms with E-state index in [9.17, 15) is 0 Å². The van der Waals surface area contributed by atoms with E-state index in [0.717, 1.165) is 18.8 Å². The molecular formula is C23H44. The van der Waals surface area contributed by atoms with Gasteiger partial charge in [-0.2, -0.15) is 0 Å². The molecule has 0 heterocycles. The minimum Gasteiger partial charge on any atom is -0.103 e. The summed E-state index contributed by atoms with van der Waals surface area (Å²) in [5, 5.41) is 0. The second-order valence-electron chi connectivity index (χ2n) is 7.43. The van der Waals surface area contributed by atoms with Crippen LogP contribution >= 0.6 is 0 Å². The molecule has 0 aromatic heterocycles. The zero-order chi connectivity index (χ0) is 17.0. The Morgan fingerprint density at radius 3 is 1.61 bits per heavy atom. The van der Waals surface area contributed by atoms with Gasteiger partial charge in [-0.3, -0.25) is 0 Å². The molecule has 0 rings (SSSR count). The maximum absolute atomic E-state index is 3.39. The van der Waals surface area contributed by atoms with Gasteiger partial charge in [0.2, 0.25) is 0 Å². The Bertz CT molecular complexity index is 267. The van der Waals surface area contributed by atoms with Crippen molar-refractivity contribution in [3.05, 3.63) is 0 Å². The zero-order valence-corrected chi connectivity index (χ0v) is 16.6. The lowest BCUT2D eigenvalue weighted by Gasteiger charge is -2.08. The highest BCUT2D eigenvalue weighted by Crippen LogP contribution is 2.16. The van der Waals surface area contributed by atoms with Crippen LogP contribution < -0.4 is 0 Å². The minimum absolute atomic E-state index is 0.869. The van der Waals surface area contributed by atoms with E-state index in [1.54, 1.807) is 0 Å². The standard InChI is InChI=1S/C23H44/c1-4-6-8-10-12-13-14-16-18-20-22-23(3)21-19-17-15-11-9-7-5-2/h23H,4-15,17,19-22H2,1-3H3. The molecule has 0 aliphatic carbocycles. The molecule has 136 valence electrons. The molecule has 0 heteroatoms. The lowest BCUT2D eigenvalue weighted by atomic mass is 9.97. The number of rotatable bonds is 16. The van der Waals surface area contributed by atoms with E-state index in [2.05, 4.69) is 32.6 Å². The molecule has 0 aliphatic rings. The fourth-order valence-electron chi connectivity index (χ4n) is 3.08. The summed E-state index contributed by atoms with van der Waals surface area (Å²) < 4.78 is 0. The lowest BCUT2D eigenvalue weighted by molar-refractivity contribution is 0.460. The third-order valence-electron chi connectivity index (χ3n) is 4.84. The number of hydrogen-bond donors (Lipinski definition) is 0. The van der Waals surface area contributed by atoms with Gasteiger partial charge < -0.3 is 0 Å². The third kappa shape index (κ3) is 19.5. The van der Waals surface area contributed by atoms with Crippen LogP contribution in [0.15, 0.2) is 0 Å². The first-order valence-electron chi connectivity index (χ1n) is 10.8. The Balaban J connectivity index is 3.26. The normalized spacial score (nSPS) is 12.0. The highest BCUT2D eigenvalue weighted by atomic mass is 14.1. The molecule has 0 bridgehead atoms. The SMILES string of the molecule is CCCCCCCCC#CCCC(C)CCCCCCCCC. The van der Waals surface area contributed by atoms with Crippen molar-refractivity contribution < 1.29 is 0 Å². The summed E-state index contributed by atoms with van der Waals surface area (Å²) in [6, 6.07) is 0. The van der Waals surface area contributed by atoms with Crippen LogP contribution in [-0.4, -0.2) is 0 Å². The molecule has 0 amide bonds. The number of hydrogen-bond acceptors (Lipinski definition) is 0. The Kier molecular flexibility index (Phi) is 19.2. The largest absolute Gasteiger partial charge is 0.103 e. The molecular weight excluding hydrogens is 276 g/mol. The van der Waals surface area contributed by atoms with Gasteiger partial charge in [-0.05, 0) is 18.8 Å². The van der Waals surface area contributed by atoms with E-state index >= 15 is 0 Å². The molecule has 23 heavy (non-hydrogen) atoms. The average molecular weight is 321 g/mol. The quantitative estimate of drug-likeness (QED) is 0.198. The molecule has 1 unspecified atom stereocenters. The smallest absolute Gasteiger partial charge is 0.00912 e. The van der Waals surface area contributed by atoms with E-state index in [1.807, 2.05) is 0 Å². The summed E-state index contributed by atoms with van der Waals surface area (Å²) in [5.41, 5.74) is 0. The first kappa shape index (κ1) is 22.6. The molecule has 0 nitrogen and oxygen atoms in total. The molecule has 0 radical (unpaired) electrons. The van der Waals surface area contributed by atoms with Gasteiger partial charge in [-0.25, -0.2) is 0 Å². The van der Waals surface area contributed by atoms with E-state index in [1.165, 1.54) is 96.3 Å². The van der Waals surface area contributed by atoms with Crippen molar-refractivity contribution in [3.8, 4) is 11.8 Å². The van der Waals surface area contributed by atoms with Gasteiger partial charge in [0.15, 0.2) is 0 Å². The molecule has 0 saturated heterocycles. The summed E-state index contributed by atoms with van der Waals surface area (Å²) in [7, 11) is 0. The average Bonchev–Trinajstić information content (AvgIpc) is 2.55. The van der Waals surface area contributed by atoms with E-state index in [-0.39, 0.29) is 0 Å². The van der Waals surface area contributed by atoms with Gasteiger partial charge in [-0.1, -0.05) is 104 Å². The van der Waals surface area contributed by atoms with E-state index < -0.39 is 0 Å². The van der Waals surface area contributed by atoms with Gasteiger partial charge in [0.25, 0.3) is 0 Å². The van der Waals surface area contributed by atoms with Crippen molar-refractivity contribution in [2.24, 2.45) is 5.92 Å². The molecule has 0 aliphatic heterocycles. The number of unbranched alkanes of at least 4 members (excludes halogenated alkanes) is 12. The van der Waals surface area contributed by atoms with E-state index in [0.29, 0.717) is 0 Å². The molecule has 0 N–H and O–H groups in total. The van der Waals surface area contributed by atoms with Crippen LogP contribution in [0.1, 0.15) is 130 Å². The molecule has 0 fully saturated rings. The first-order chi connectivity index (χ1) is 11.3. The summed E-state index contributed by atoms with van der Waals surface area (Å²) in [6.45, 7) is 6.98. The fraction of sp³-hybridized carbons (Fsp3) is 0.913. The van der Waals surface area contributed by atoms with Crippen molar-refractivity contribution in [2.45, 2.75) is 130 Å². The predicted molar refractivity (Wildman–Crippen MR) is 107 cm³/mol. The van der Waals surface area contributed by atoms with Crippen molar-refractivity contribution in [1.29, 1.82) is 0 Å². The van der Waals surface area contributed by atoms with Crippen LogP contribution in [0.4, 0.5) is 0 Å². The Morgan fingerprint density at radius 2 is 1.00 bits per heavy atom. The first-order valence-corrected chi connectivity index (χ1v) is 10.8. The summed E-state index contributed by atoms with van der Waals surface area (Å²) >= 11 is 0. The summed E-state index contributed by atoms with van der Waals surface area (Å²) in [6.07, 6.45) is 23.2. The molecule has 0 spiro atoms. The van der Waals surface area contributed by atoms with Crippen molar-refractivity contribution in [3.63, 3.8) is 0 Å². The van der Waals surface area contributed by atoms with Gasteiger partial charge in [-0.15, -0.1) is 11.8 Å². The van der Waals surface area contributed by atoms with E-state index in [4.69, 9.17) is 0 Å². The maximum atomic E-state index is 3.39. The minimum atomic E-state index is 0.869. The van der Waals surface area contributed by atoms with Gasteiger partial charge in [0.05, 0.1) is 0 Å². The van der Waals surface area contributed by atoms with Crippen LogP contribution in [0.25, 0.3) is 0 Å². The zero-order valence-electron chi connectivity index (χ0n) is 16.6. The Labute approximate surface area is 148 Å². The second kappa shape index (κ2) is 19.6. The van der Waals surface area contributed by atoms with Crippen molar-refractivity contribution >= 4 is 0 Å². The Morgan fingerprint density at radius 1 is 0.522 bits per heavy atom. The molecule has 1 atom stereocenters. The van der Waals surface area contributed by atoms with Crippen LogP contribution in [0.3, 0.4) is 0 Å².